The van der Waals surface area contributed by atoms with Crippen molar-refractivity contribution in [3.05, 3.63) is 77.0 Å². The van der Waals surface area contributed by atoms with E-state index in [-0.39, 0.29) is 12.5 Å². The number of fused-ring (bicyclic) bond motifs is 2. The maximum Gasteiger partial charge on any atom is 0.420 e. The number of para-hydroxylation sites is 3. The largest absolute Gasteiger partial charge is 0.457 e. The highest BCUT2D eigenvalue weighted by atomic mass is 32.1. The number of rotatable bonds is 5. The highest BCUT2D eigenvalue weighted by Crippen LogP contribution is 2.31. The summed E-state index contributed by atoms with van der Waals surface area (Å²) in [4.78, 5) is 29.4. The van der Waals surface area contributed by atoms with Crippen molar-refractivity contribution in [3.63, 3.8) is 0 Å². The summed E-state index contributed by atoms with van der Waals surface area (Å²) in [6.07, 6.45) is 0. The molecule has 150 valence electrons. The van der Waals surface area contributed by atoms with Gasteiger partial charge in [0.25, 0.3) is 0 Å². The van der Waals surface area contributed by atoms with Crippen LogP contribution < -0.4 is 11.1 Å². The van der Waals surface area contributed by atoms with E-state index in [0.717, 1.165) is 15.2 Å². The first-order chi connectivity index (χ1) is 14.6. The topological polar surface area (TPSA) is 90.3 Å². The molecule has 0 aliphatic heterocycles. The average Bonchev–Trinajstić information content (AvgIpc) is 3.46. The van der Waals surface area contributed by atoms with Gasteiger partial charge in [-0.05, 0) is 43.3 Å². The van der Waals surface area contributed by atoms with Gasteiger partial charge in [0, 0.05) is 0 Å². The summed E-state index contributed by atoms with van der Waals surface area (Å²) < 4.78 is 13.5. The molecule has 1 amide bonds. The minimum Gasteiger partial charge on any atom is -0.457 e. The molecule has 0 bridgehead atoms. The normalized spacial score (nSPS) is 12.4. The van der Waals surface area contributed by atoms with Crippen LogP contribution >= 0.6 is 11.3 Å². The second-order valence-corrected chi connectivity index (χ2v) is 7.88. The van der Waals surface area contributed by atoms with Gasteiger partial charge in [-0.3, -0.25) is 9.36 Å². The van der Waals surface area contributed by atoms with Gasteiger partial charge in [-0.1, -0.05) is 24.3 Å². The Morgan fingerprint density at radius 2 is 1.90 bits per heavy atom. The van der Waals surface area contributed by atoms with Gasteiger partial charge in [0.1, 0.15) is 11.8 Å². The van der Waals surface area contributed by atoms with E-state index >= 15 is 0 Å². The van der Waals surface area contributed by atoms with Crippen LogP contribution in [-0.2, 0) is 11.3 Å². The Hall–Kier alpha value is -3.65. The number of carbonyl (C=O) groups excluding carboxylic acids is 1. The molecule has 0 unspecified atom stereocenters. The van der Waals surface area contributed by atoms with Crippen LogP contribution in [0.2, 0.25) is 0 Å². The van der Waals surface area contributed by atoms with E-state index in [1.807, 2.05) is 36.4 Å². The molecule has 30 heavy (non-hydrogen) atoms. The first-order valence-corrected chi connectivity index (χ1v) is 10.2. The monoisotopic (exact) mass is 419 g/mol. The maximum absolute atomic E-state index is 12.6. The molecule has 1 atom stereocenters. The zero-order chi connectivity index (χ0) is 20.7. The van der Waals surface area contributed by atoms with Crippen LogP contribution in [0.3, 0.4) is 0 Å². The Morgan fingerprint density at radius 3 is 2.77 bits per heavy atom. The molecule has 5 rings (SSSR count). The van der Waals surface area contributed by atoms with Crippen LogP contribution in [0.4, 0.5) is 0 Å². The summed E-state index contributed by atoms with van der Waals surface area (Å²) in [5.41, 5.74) is 1.96. The van der Waals surface area contributed by atoms with Crippen molar-refractivity contribution in [1.29, 1.82) is 0 Å². The smallest absolute Gasteiger partial charge is 0.420 e. The summed E-state index contributed by atoms with van der Waals surface area (Å²) >= 11 is 1.55. The number of furan rings is 1. The summed E-state index contributed by atoms with van der Waals surface area (Å²) in [5.74, 6) is 0.399. The van der Waals surface area contributed by atoms with Crippen LogP contribution in [0.15, 0.2) is 74.3 Å². The van der Waals surface area contributed by atoms with Gasteiger partial charge in [-0.15, -0.1) is 11.3 Å². The number of nitrogens with one attached hydrogen (secondary N) is 1. The highest BCUT2D eigenvalue weighted by molar-refractivity contribution is 7.21. The molecule has 0 saturated carbocycles. The number of aromatic nitrogens is 2. The van der Waals surface area contributed by atoms with Gasteiger partial charge in [-0.2, -0.15) is 0 Å². The third kappa shape index (κ3) is 3.21. The van der Waals surface area contributed by atoms with E-state index in [4.69, 9.17) is 8.83 Å². The summed E-state index contributed by atoms with van der Waals surface area (Å²) in [7, 11) is 0. The first kappa shape index (κ1) is 18.4. The molecule has 0 radical (unpaired) electrons. The lowest BCUT2D eigenvalue weighted by Gasteiger charge is -2.12. The molecule has 0 saturated heterocycles. The predicted molar refractivity (Wildman–Crippen MR) is 114 cm³/mol. The lowest BCUT2D eigenvalue weighted by molar-refractivity contribution is -0.124. The van der Waals surface area contributed by atoms with E-state index in [2.05, 4.69) is 10.3 Å². The van der Waals surface area contributed by atoms with Crippen LogP contribution in [0.5, 0.6) is 0 Å². The summed E-state index contributed by atoms with van der Waals surface area (Å²) in [6, 6.07) is 17.9. The van der Waals surface area contributed by atoms with Gasteiger partial charge >= 0.3 is 5.76 Å². The van der Waals surface area contributed by atoms with Crippen molar-refractivity contribution in [2.24, 2.45) is 0 Å². The SMILES string of the molecule is C[C@@H](C(=O)NCc1ccc(-c2nc3ccccc3s2)o1)n1c(=O)oc2ccccc21. The minimum absolute atomic E-state index is 0.207. The van der Waals surface area contributed by atoms with Crippen LogP contribution in [0.25, 0.3) is 32.1 Å². The number of nitrogens with zero attached hydrogens (tertiary/aromatic N) is 2. The van der Waals surface area contributed by atoms with Crippen LogP contribution in [-0.4, -0.2) is 15.5 Å². The predicted octanol–water partition coefficient (Wildman–Crippen LogP) is 4.34. The standard InChI is InChI=1S/C22H17N3O4S/c1-13(25-16-7-3-4-8-17(16)29-22(25)27)20(26)23-12-14-10-11-18(28-14)21-24-15-6-2-5-9-19(15)30-21/h2-11,13H,12H2,1H3,(H,23,26)/t13-/m0/s1. The van der Waals surface area contributed by atoms with Crippen LogP contribution in [0, 0.1) is 0 Å². The molecule has 8 heteroatoms. The maximum atomic E-state index is 12.6. The zero-order valence-electron chi connectivity index (χ0n) is 16.0. The van der Waals surface area contributed by atoms with E-state index in [0.29, 0.717) is 22.6 Å². The molecule has 3 aromatic heterocycles. The minimum atomic E-state index is -0.722. The Labute approximate surface area is 174 Å². The molecule has 0 aliphatic carbocycles. The fraction of sp³-hybridized carbons (Fsp3) is 0.136. The first-order valence-electron chi connectivity index (χ1n) is 9.42. The van der Waals surface area contributed by atoms with Gasteiger partial charge in [-0.25, -0.2) is 9.78 Å². The van der Waals surface area contributed by atoms with Crippen LogP contribution in [0.1, 0.15) is 18.7 Å². The fourth-order valence-corrected chi connectivity index (χ4v) is 4.28. The Balaban J connectivity index is 1.31. The summed E-state index contributed by atoms with van der Waals surface area (Å²) in [5, 5.41) is 3.61. The molecule has 3 heterocycles. The average molecular weight is 419 g/mol. The van der Waals surface area contributed by atoms with Crippen molar-refractivity contribution in [2.45, 2.75) is 19.5 Å². The number of hydrogen-bond acceptors (Lipinski definition) is 6. The Kier molecular flexibility index (Phi) is 4.48. The number of benzene rings is 2. The molecule has 0 fully saturated rings. The second-order valence-electron chi connectivity index (χ2n) is 6.85. The molecular formula is C22H17N3O4S. The number of oxazole rings is 1. The quantitative estimate of drug-likeness (QED) is 0.458. The summed E-state index contributed by atoms with van der Waals surface area (Å²) in [6.45, 7) is 1.87. The highest BCUT2D eigenvalue weighted by Gasteiger charge is 2.21. The fourth-order valence-electron chi connectivity index (χ4n) is 3.36. The molecule has 5 aromatic rings. The van der Waals surface area contributed by atoms with Crippen molar-refractivity contribution < 1.29 is 13.6 Å². The van der Waals surface area contributed by atoms with E-state index < -0.39 is 11.8 Å². The molecule has 7 nitrogen and oxygen atoms in total. The molecule has 1 N–H and O–H groups in total. The molecular weight excluding hydrogens is 402 g/mol. The Morgan fingerprint density at radius 1 is 1.10 bits per heavy atom. The molecule has 0 spiro atoms. The zero-order valence-corrected chi connectivity index (χ0v) is 16.8. The van der Waals surface area contributed by atoms with Crippen molar-refractivity contribution in [3.8, 4) is 10.8 Å². The van der Waals surface area contributed by atoms with Crippen molar-refractivity contribution >= 4 is 38.6 Å². The van der Waals surface area contributed by atoms with Crippen molar-refractivity contribution in [1.82, 2.24) is 14.9 Å². The number of carbonyl (C=O) groups is 1. The van der Waals surface area contributed by atoms with Gasteiger partial charge in [0.05, 0.1) is 22.3 Å². The van der Waals surface area contributed by atoms with Gasteiger partial charge in [0.2, 0.25) is 5.91 Å². The van der Waals surface area contributed by atoms with Crippen molar-refractivity contribution in [2.75, 3.05) is 0 Å². The lowest BCUT2D eigenvalue weighted by Crippen LogP contribution is -2.34. The Bertz CT molecular complexity index is 1390. The molecule has 2 aromatic carbocycles. The third-order valence-electron chi connectivity index (χ3n) is 4.89. The lowest BCUT2D eigenvalue weighted by atomic mass is 10.2. The number of amides is 1. The van der Waals surface area contributed by atoms with Gasteiger partial charge in [0.15, 0.2) is 16.4 Å². The van der Waals surface area contributed by atoms with E-state index in [1.54, 1.807) is 42.5 Å². The second kappa shape index (κ2) is 7.31. The van der Waals surface area contributed by atoms with E-state index in [9.17, 15) is 9.59 Å². The third-order valence-corrected chi connectivity index (χ3v) is 5.94. The number of thiazole rings is 1. The van der Waals surface area contributed by atoms with E-state index in [1.165, 1.54) is 4.57 Å². The van der Waals surface area contributed by atoms with Gasteiger partial charge < -0.3 is 14.2 Å². The number of hydrogen-bond donors (Lipinski definition) is 1. The molecule has 0 aliphatic rings.